The van der Waals surface area contributed by atoms with Gasteiger partial charge in [-0.25, -0.2) is 6.57 Å². The molecule has 2 nitrogen and oxygen atoms in total. The number of piperidine rings is 1. The monoisotopic (exact) mass is 346 g/mol. The molecule has 2 aromatic rings. The van der Waals surface area contributed by atoms with Crippen molar-refractivity contribution in [2.75, 3.05) is 19.6 Å². The van der Waals surface area contributed by atoms with E-state index < -0.39 is 0 Å². The molecule has 0 radical (unpaired) electrons. The molecule has 2 heteroatoms. The van der Waals surface area contributed by atoms with Crippen LogP contribution in [0.1, 0.15) is 39.2 Å². The molecule has 2 aromatic carbocycles. The average molecular weight is 347 g/mol. The highest BCUT2D eigenvalue weighted by Crippen LogP contribution is 2.47. The fraction of sp³-hybridized carbons (Fsp3) is 0.458. The van der Waals surface area contributed by atoms with E-state index in [1.54, 1.807) is 0 Å². The highest BCUT2D eigenvalue weighted by molar-refractivity contribution is 5.67. The molecular weight excluding hydrogens is 316 g/mol. The van der Waals surface area contributed by atoms with Crippen molar-refractivity contribution in [1.82, 2.24) is 4.90 Å². The standard InChI is InChI=1S/C24H30N2/c1-23(2,3)24(19-25-4)14-16-26(17-15-24)18-21-12-8-9-13-22(21)20-10-6-5-7-11-20/h5-13H,14-19H2,1-3H3. The summed E-state index contributed by atoms with van der Waals surface area (Å²) >= 11 is 0. The third kappa shape index (κ3) is 3.84. The highest BCUT2D eigenvalue weighted by Gasteiger charge is 2.46. The Balaban J connectivity index is 1.74. The van der Waals surface area contributed by atoms with Gasteiger partial charge in [0.2, 0.25) is 6.54 Å². The third-order valence-electron chi connectivity index (χ3n) is 6.28. The van der Waals surface area contributed by atoms with Crippen molar-refractivity contribution in [3.8, 4) is 11.1 Å². The number of benzene rings is 2. The minimum Gasteiger partial charge on any atom is -0.316 e. The predicted octanol–water partition coefficient (Wildman–Crippen LogP) is 5.90. The second kappa shape index (κ2) is 7.64. The Morgan fingerprint density at radius 3 is 2.19 bits per heavy atom. The summed E-state index contributed by atoms with van der Waals surface area (Å²) in [6.45, 7) is 18.1. The zero-order valence-corrected chi connectivity index (χ0v) is 16.3. The molecule has 0 bridgehead atoms. The van der Waals surface area contributed by atoms with Crippen LogP contribution in [0.5, 0.6) is 0 Å². The van der Waals surface area contributed by atoms with Gasteiger partial charge in [0.25, 0.3) is 0 Å². The van der Waals surface area contributed by atoms with Gasteiger partial charge >= 0.3 is 0 Å². The normalized spacial score (nSPS) is 17.6. The summed E-state index contributed by atoms with van der Waals surface area (Å²) in [5, 5.41) is 0. The number of rotatable bonds is 4. The summed E-state index contributed by atoms with van der Waals surface area (Å²) in [6, 6.07) is 19.4. The SMILES string of the molecule is [C-]#[N+]CC1(C(C)(C)C)CCN(Cc2ccccc2-c2ccccc2)CC1. The van der Waals surface area contributed by atoms with E-state index >= 15 is 0 Å². The number of likely N-dealkylation sites (tertiary alicyclic amines) is 1. The Bertz CT molecular complexity index is 757. The molecule has 0 aromatic heterocycles. The van der Waals surface area contributed by atoms with E-state index in [2.05, 4.69) is 85.1 Å². The van der Waals surface area contributed by atoms with E-state index in [-0.39, 0.29) is 10.8 Å². The molecule has 136 valence electrons. The molecule has 0 atom stereocenters. The summed E-state index contributed by atoms with van der Waals surface area (Å²) in [7, 11) is 0. The Kier molecular flexibility index (Phi) is 5.49. The number of nitrogens with zero attached hydrogens (tertiary/aromatic N) is 2. The Morgan fingerprint density at radius 1 is 0.962 bits per heavy atom. The molecule has 1 fully saturated rings. The maximum absolute atomic E-state index is 7.41. The zero-order chi connectivity index (χ0) is 18.6. The molecule has 0 aliphatic carbocycles. The van der Waals surface area contributed by atoms with Gasteiger partial charge in [-0.1, -0.05) is 75.4 Å². The van der Waals surface area contributed by atoms with Crippen molar-refractivity contribution in [1.29, 1.82) is 0 Å². The smallest absolute Gasteiger partial charge is 0.220 e. The van der Waals surface area contributed by atoms with E-state index in [1.807, 2.05) is 0 Å². The van der Waals surface area contributed by atoms with E-state index in [0.717, 1.165) is 32.5 Å². The van der Waals surface area contributed by atoms with Crippen LogP contribution in [0.25, 0.3) is 16.0 Å². The van der Waals surface area contributed by atoms with Crippen molar-refractivity contribution >= 4 is 0 Å². The minimum atomic E-state index is 0.157. The first-order valence-corrected chi connectivity index (χ1v) is 9.64. The summed E-state index contributed by atoms with van der Waals surface area (Å²) < 4.78 is 0. The first-order valence-electron chi connectivity index (χ1n) is 9.64. The molecular formula is C24H30N2. The lowest BCUT2D eigenvalue weighted by Crippen LogP contribution is -2.48. The van der Waals surface area contributed by atoms with Crippen LogP contribution in [-0.4, -0.2) is 24.5 Å². The van der Waals surface area contributed by atoms with Gasteiger partial charge in [0.05, 0.1) is 0 Å². The van der Waals surface area contributed by atoms with Crippen molar-refractivity contribution in [3.05, 3.63) is 71.6 Å². The third-order valence-corrected chi connectivity index (χ3v) is 6.28. The molecule has 3 rings (SSSR count). The van der Waals surface area contributed by atoms with E-state index in [0.29, 0.717) is 6.54 Å². The van der Waals surface area contributed by atoms with Crippen LogP contribution in [0.3, 0.4) is 0 Å². The van der Waals surface area contributed by atoms with Crippen LogP contribution in [0.4, 0.5) is 0 Å². The van der Waals surface area contributed by atoms with Crippen molar-refractivity contribution in [3.63, 3.8) is 0 Å². The number of hydrogen-bond donors (Lipinski definition) is 0. The predicted molar refractivity (Wildman–Crippen MR) is 110 cm³/mol. The van der Waals surface area contributed by atoms with Crippen LogP contribution in [0.2, 0.25) is 0 Å². The van der Waals surface area contributed by atoms with Gasteiger partial charge in [-0.2, -0.15) is 0 Å². The van der Waals surface area contributed by atoms with Crippen LogP contribution < -0.4 is 0 Å². The second-order valence-electron chi connectivity index (χ2n) is 8.65. The lowest BCUT2D eigenvalue weighted by molar-refractivity contribution is 0.0174. The Morgan fingerprint density at radius 2 is 1.58 bits per heavy atom. The minimum absolute atomic E-state index is 0.157. The topological polar surface area (TPSA) is 7.60 Å². The molecule has 1 aliphatic heterocycles. The average Bonchev–Trinajstić information content (AvgIpc) is 2.64. The largest absolute Gasteiger partial charge is 0.316 e. The van der Waals surface area contributed by atoms with Gasteiger partial charge in [0, 0.05) is 12.0 Å². The van der Waals surface area contributed by atoms with Gasteiger partial charge in [0.1, 0.15) is 0 Å². The van der Waals surface area contributed by atoms with Crippen LogP contribution >= 0.6 is 0 Å². The fourth-order valence-electron chi connectivity index (χ4n) is 4.23. The zero-order valence-electron chi connectivity index (χ0n) is 16.3. The van der Waals surface area contributed by atoms with Crippen molar-refractivity contribution in [2.45, 2.75) is 40.2 Å². The van der Waals surface area contributed by atoms with Gasteiger partial charge in [0.15, 0.2) is 0 Å². The van der Waals surface area contributed by atoms with Gasteiger partial charge in [-0.05, 0) is 48.0 Å². The molecule has 0 spiro atoms. The number of hydrogen-bond acceptors (Lipinski definition) is 1. The van der Waals surface area contributed by atoms with Crippen LogP contribution in [0.15, 0.2) is 54.6 Å². The molecule has 26 heavy (non-hydrogen) atoms. The Hall–Kier alpha value is -2.11. The maximum Gasteiger partial charge on any atom is 0.220 e. The lowest BCUT2D eigenvalue weighted by atomic mass is 9.61. The second-order valence-corrected chi connectivity index (χ2v) is 8.65. The lowest BCUT2D eigenvalue weighted by Gasteiger charge is -2.46. The van der Waals surface area contributed by atoms with Crippen LogP contribution in [-0.2, 0) is 6.54 Å². The fourth-order valence-corrected chi connectivity index (χ4v) is 4.23. The van der Waals surface area contributed by atoms with Crippen LogP contribution in [0, 0.1) is 17.4 Å². The molecule has 1 saturated heterocycles. The van der Waals surface area contributed by atoms with E-state index in [1.165, 1.54) is 16.7 Å². The molecule has 0 amide bonds. The molecule has 0 saturated carbocycles. The molecule has 0 N–H and O–H groups in total. The molecule has 1 aliphatic rings. The maximum atomic E-state index is 7.41. The quantitative estimate of drug-likeness (QED) is 0.625. The van der Waals surface area contributed by atoms with Gasteiger partial charge in [-0.3, -0.25) is 4.90 Å². The highest BCUT2D eigenvalue weighted by atomic mass is 15.1. The first kappa shape index (κ1) is 18.7. The summed E-state index contributed by atoms with van der Waals surface area (Å²) in [5.74, 6) is 0. The van der Waals surface area contributed by atoms with Gasteiger partial charge in [-0.15, -0.1) is 0 Å². The molecule has 1 heterocycles. The summed E-state index contributed by atoms with van der Waals surface area (Å²) in [6.07, 6.45) is 2.23. The van der Waals surface area contributed by atoms with Gasteiger partial charge < -0.3 is 4.85 Å². The first-order chi connectivity index (χ1) is 12.5. The van der Waals surface area contributed by atoms with Crippen molar-refractivity contribution < 1.29 is 0 Å². The summed E-state index contributed by atoms with van der Waals surface area (Å²) in [4.78, 5) is 6.36. The Labute approximate surface area is 158 Å². The molecule has 0 unspecified atom stereocenters. The van der Waals surface area contributed by atoms with Crippen molar-refractivity contribution in [2.24, 2.45) is 10.8 Å². The summed E-state index contributed by atoms with van der Waals surface area (Å²) in [5.41, 5.74) is 4.36. The van der Waals surface area contributed by atoms with E-state index in [9.17, 15) is 0 Å². The van der Waals surface area contributed by atoms with E-state index in [4.69, 9.17) is 6.57 Å².